The number of hydrogen-bond donors (Lipinski definition) is 0. The number of ether oxygens (including phenoxy) is 3. The number of carbonyl (C=O) groups is 2. The summed E-state index contributed by atoms with van der Waals surface area (Å²) in [5.74, 6) is -0.741. The van der Waals surface area contributed by atoms with Crippen LogP contribution in [0.2, 0.25) is 5.02 Å². The van der Waals surface area contributed by atoms with Gasteiger partial charge in [-0.2, -0.15) is 8.42 Å². The van der Waals surface area contributed by atoms with Gasteiger partial charge in [-0.05, 0) is 77.1 Å². The monoisotopic (exact) mass is 567 g/mol. The first-order valence-corrected chi connectivity index (χ1v) is 14.1. The van der Waals surface area contributed by atoms with E-state index >= 15 is 0 Å². The minimum atomic E-state index is -4.32. The second-order valence-corrected chi connectivity index (χ2v) is 11.9. The summed E-state index contributed by atoms with van der Waals surface area (Å²) in [5, 5.41) is 0.0149. The van der Waals surface area contributed by atoms with E-state index < -0.39 is 27.8 Å². The van der Waals surface area contributed by atoms with Crippen molar-refractivity contribution in [2.45, 2.75) is 63.9 Å². The minimum absolute atomic E-state index is 0.0149. The molecule has 0 radical (unpaired) electrons. The van der Waals surface area contributed by atoms with Gasteiger partial charge < -0.3 is 23.3 Å². The molecule has 0 aromatic heterocycles. The summed E-state index contributed by atoms with van der Waals surface area (Å²) < 4.78 is 48.3. The molecule has 3 rings (SSSR count). The van der Waals surface area contributed by atoms with Crippen molar-refractivity contribution in [1.82, 2.24) is 4.90 Å². The number of piperidine rings is 1. The van der Waals surface area contributed by atoms with Crippen LogP contribution in [0.1, 0.15) is 67.9 Å². The Bertz CT molecular complexity index is 1290. The molecule has 1 aliphatic rings. The van der Waals surface area contributed by atoms with Gasteiger partial charge in [0.1, 0.15) is 10.5 Å². The molecule has 2 aromatic carbocycles. The number of esters is 1. The van der Waals surface area contributed by atoms with Gasteiger partial charge in [0.2, 0.25) is 0 Å². The Morgan fingerprint density at radius 3 is 2.32 bits per heavy atom. The van der Waals surface area contributed by atoms with E-state index in [1.54, 1.807) is 51.7 Å². The van der Waals surface area contributed by atoms with Crippen LogP contribution in [0.25, 0.3) is 0 Å². The molecular formula is C27H34ClNO8S. The van der Waals surface area contributed by atoms with Crippen LogP contribution >= 0.6 is 11.6 Å². The highest BCUT2D eigenvalue weighted by Gasteiger charge is 2.35. The maximum atomic E-state index is 13.1. The van der Waals surface area contributed by atoms with Gasteiger partial charge in [0, 0.05) is 18.7 Å². The van der Waals surface area contributed by atoms with Crippen LogP contribution in [-0.4, -0.2) is 57.8 Å². The van der Waals surface area contributed by atoms with Crippen molar-refractivity contribution >= 4 is 33.8 Å². The lowest BCUT2D eigenvalue weighted by Crippen LogP contribution is -2.41. The fourth-order valence-electron chi connectivity index (χ4n) is 4.42. The maximum absolute atomic E-state index is 13.1. The number of carbonyl (C=O) groups excluding carboxylic acids is 2. The number of methoxy groups -OCH3 is 1. The Balaban J connectivity index is 2.04. The Morgan fingerprint density at radius 1 is 1.13 bits per heavy atom. The summed E-state index contributed by atoms with van der Waals surface area (Å²) in [6.07, 6.45) is 0.567. The Morgan fingerprint density at radius 2 is 1.76 bits per heavy atom. The summed E-state index contributed by atoms with van der Waals surface area (Å²) in [6, 6.07) is 7.39. The predicted octanol–water partition coefficient (Wildman–Crippen LogP) is 5.72. The molecule has 0 bridgehead atoms. The lowest BCUT2D eigenvalue weighted by molar-refractivity contribution is 0.0202. The molecule has 9 nitrogen and oxygen atoms in total. The smallest absolute Gasteiger partial charge is 0.410 e. The minimum Gasteiger partial charge on any atom is -0.492 e. The highest BCUT2D eigenvalue weighted by Crippen LogP contribution is 2.45. The lowest BCUT2D eigenvalue weighted by Gasteiger charge is -2.35. The van der Waals surface area contributed by atoms with E-state index in [2.05, 4.69) is 0 Å². The largest absolute Gasteiger partial charge is 0.492 e. The molecule has 1 heterocycles. The van der Waals surface area contributed by atoms with E-state index in [0.717, 1.165) is 0 Å². The van der Waals surface area contributed by atoms with E-state index in [1.807, 2.05) is 0 Å². The van der Waals surface area contributed by atoms with Crippen molar-refractivity contribution in [3.8, 4) is 11.5 Å². The predicted molar refractivity (Wildman–Crippen MR) is 143 cm³/mol. The molecule has 1 fully saturated rings. The van der Waals surface area contributed by atoms with Crippen molar-refractivity contribution in [1.29, 1.82) is 0 Å². The topological polar surface area (TPSA) is 108 Å². The van der Waals surface area contributed by atoms with Crippen molar-refractivity contribution in [2.24, 2.45) is 0 Å². The Hall–Kier alpha value is -2.98. The summed E-state index contributed by atoms with van der Waals surface area (Å²) in [4.78, 5) is 27.1. The number of rotatable bonds is 7. The molecular weight excluding hydrogens is 534 g/mol. The first-order valence-electron chi connectivity index (χ1n) is 12.3. The zero-order chi connectivity index (χ0) is 28.3. The average Bonchev–Trinajstić information content (AvgIpc) is 2.82. The summed E-state index contributed by atoms with van der Waals surface area (Å²) in [5.41, 5.74) is 0.628. The molecule has 1 aliphatic heterocycles. The van der Waals surface area contributed by atoms with Crippen LogP contribution < -0.4 is 8.92 Å². The molecule has 1 saturated heterocycles. The number of likely N-dealkylation sites (tertiary alicyclic amines) is 1. The molecule has 208 valence electrons. The molecule has 0 spiro atoms. The van der Waals surface area contributed by atoms with Gasteiger partial charge in [-0.1, -0.05) is 23.7 Å². The van der Waals surface area contributed by atoms with Crippen molar-refractivity contribution in [3.63, 3.8) is 0 Å². The standard InChI is InChI=1S/C27H34ClNO8S/c1-7-35-25(30)22-17(2)16-20(37-38(32,33)21-11-9-8-10-19(21)28)24(34-6)23(22)18-12-14-29(15-13-18)26(31)36-27(3,4)5/h8-11,16,18H,7,12-15H2,1-6H3. The fourth-order valence-corrected chi connectivity index (χ4v) is 5.84. The summed E-state index contributed by atoms with van der Waals surface area (Å²) in [7, 11) is -2.94. The normalized spacial score (nSPS) is 14.7. The van der Waals surface area contributed by atoms with Crippen molar-refractivity contribution in [3.05, 3.63) is 52.0 Å². The third-order valence-electron chi connectivity index (χ3n) is 6.02. The van der Waals surface area contributed by atoms with E-state index in [9.17, 15) is 18.0 Å². The van der Waals surface area contributed by atoms with Crippen molar-refractivity contribution < 1.29 is 36.4 Å². The molecule has 2 aromatic rings. The fraction of sp³-hybridized carbons (Fsp3) is 0.481. The van der Waals surface area contributed by atoms with E-state index in [4.69, 9.17) is 30.0 Å². The van der Waals surface area contributed by atoms with Gasteiger partial charge in [-0.3, -0.25) is 0 Å². The first kappa shape index (κ1) is 29.6. The third kappa shape index (κ3) is 6.71. The number of aryl methyl sites for hydroxylation is 1. The number of nitrogens with zero attached hydrogens (tertiary/aromatic N) is 1. The van der Waals surface area contributed by atoms with E-state index in [0.29, 0.717) is 42.6 Å². The van der Waals surface area contributed by atoms with Gasteiger partial charge in [-0.25, -0.2) is 9.59 Å². The Kier molecular flexibility index (Phi) is 9.20. The van der Waals surface area contributed by atoms with Crippen LogP contribution in [-0.2, 0) is 19.6 Å². The van der Waals surface area contributed by atoms with Crippen molar-refractivity contribution in [2.75, 3.05) is 26.8 Å². The molecule has 38 heavy (non-hydrogen) atoms. The Labute approximate surface area is 229 Å². The SMILES string of the molecule is CCOC(=O)c1c(C)cc(OS(=O)(=O)c2ccccc2Cl)c(OC)c1C1CCN(C(=O)OC(C)(C)C)CC1. The van der Waals surface area contributed by atoms with Crippen LogP contribution in [0.3, 0.4) is 0 Å². The van der Waals surface area contributed by atoms with Crippen LogP contribution in [0.5, 0.6) is 11.5 Å². The van der Waals surface area contributed by atoms with Gasteiger partial charge in [0.15, 0.2) is 11.5 Å². The highest BCUT2D eigenvalue weighted by molar-refractivity contribution is 7.87. The molecule has 0 atom stereocenters. The molecule has 0 saturated carbocycles. The summed E-state index contributed by atoms with van der Waals surface area (Å²) >= 11 is 6.12. The second-order valence-electron chi connectivity index (χ2n) is 9.94. The number of hydrogen-bond acceptors (Lipinski definition) is 8. The maximum Gasteiger partial charge on any atom is 0.410 e. The molecule has 11 heteroatoms. The quantitative estimate of drug-likeness (QED) is 0.309. The van der Waals surface area contributed by atoms with Gasteiger partial charge in [-0.15, -0.1) is 0 Å². The van der Waals surface area contributed by atoms with Gasteiger partial charge >= 0.3 is 22.2 Å². The molecule has 1 amide bonds. The van der Waals surface area contributed by atoms with Gasteiger partial charge in [0.25, 0.3) is 0 Å². The second kappa shape index (κ2) is 11.8. The van der Waals surface area contributed by atoms with E-state index in [-0.39, 0.29) is 33.9 Å². The average molecular weight is 568 g/mol. The van der Waals surface area contributed by atoms with E-state index in [1.165, 1.54) is 25.3 Å². The molecule has 0 aliphatic carbocycles. The zero-order valence-corrected chi connectivity index (χ0v) is 24.1. The highest BCUT2D eigenvalue weighted by atomic mass is 35.5. The third-order valence-corrected chi connectivity index (χ3v) is 7.76. The van der Waals surface area contributed by atoms with Gasteiger partial charge in [0.05, 0.1) is 24.3 Å². The number of halogens is 1. The van der Waals surface area contributed by atoms with Crippen LogP contribution in [0.4, 0.5) is 4.79 Å². The van der Waals surface area contributed by atoms with Crippen LogP contribution in [0.15, 0.2) is 35.2 Å². The zero-order valence-electron chi connectivity index (χ0n) is 22.5. The lowest BCUT2D eigenvalue weighted by atomic mass is 9.84. The molecule has 0 unspecified atom stereocenters. The first-order chi connectivity index (χ1) is 17.8. The summed E-state index contributed by atoms with van der Waals surface area (Å²) in [6.45, 7) is 9.73. The number of benzene rings is 2. The number of amides is 1. The molecule has 0 N–H and O–H groups in total. The van der Waals surface area contributed by atoms with Crippen LogP contribution in [0, 0.1) is 6.92 Å².